The Labute approximate surface area is 107 Å². The molecule has 1 fully saturated rings. The number of nitrogens with zero attached hydrogens (tertiary/aromatic N) is 1. The summed E-state index contributed by atoms with van der Waals surface area (Å²) in [6.45, 7) is 0. The lowest BCUT2D eigenvalue weighted by Gasteiger charge is -2.25. The van der Waals surface area contributed by atoms with E-state index in [1.165, 1.54) is 28.5 Å². The van der Waals surface area contributed by atoms with Crippen LogP contribution in [0.3, 0.4) is 0 Å². The lowest BCUT2D eigenvalue weighted by Crippen LogP contribution is -2.26. The highest BCUT2D eigenvalue weighted by atomic mass is 16.1. The smallest absolute Gasteiger partial charge is 0.143 e. The summed E-state index contributed by atoms with van der Waals surface area (Å²) in [4.78, 5) is 12.5. The Hall–Kier alpha value is -1.57. The number of carbonyl (C=O) groups is 1. The largest absolute Gasteiger partial charge is 0.350 e. The van der Waals surface area contributed by atoms with Crippen LogP contribution >= 0.6 is 0 Å². The highest BCUT2D eigenvalue weighted by Crippen LogP contribution is 2.42. The molecule has 0 aliphatic heterocycles. The predicted molar refractivity (Wildman–Crippen MR) is 71.7 cm³/mol. The van der Waals surface area contributed by atoms with Crippen LogP contribution < -0.4 is 0 Å². The Bertz CT molecular complexity index is 652. The van der Waals surface area contributed by atoms with Crippen molar-refractivity contribution in [2.75, 3.05) is 0 Å². The van der Waals surface area contributed by atoms with Crippen LogP contribution in [-0.2, 0) is 18.3 Å². The van der Waals surface area contributed by atoms with Gasteiger partial charge in [0.25, 0.3) is 0 Å². The number of aryl methyl sites for hydroxylation is 1. The molecule has 4 rings (SSSR count). The number of Topliss-reactive ketones (excluding diaryl/α,β-unsaturated/α-hetero) is 1. The molecule has 0 unspecified atom stereocenters. The van der Waals surface area contributed by atoms with Crippen LogP contribution in [0.5, 0.6) is 0 Å². The van der Waals surface area contributed by atoms with Crippen molar-refractivity contribution in [3.8, 4) is 0 Å². The van der Waals surface area contributed by atoms with Crippen LogP contribution in [0.2, 0.25) is 0 Å². The average Bonchev–Trinajstić information content (AvgIpc) is 2.68. The van der Waals surface area contributed by atoms with Gasteiger partial charge in [0.2, 0.25) is 0 Å². The molecule has 1 saturated carbocycles. The first-order valence-corrected chi connectivity index (χ1v) is 6.86. The zero-order chi connectivity index (χ0) is 12.3. The Morgan fingerprint density at radius 2 is 2.17 bits per heavy atom. The molecule has 92 valence electrons. The fraction of sp³-hybridized carbons (Fsp3) is 0.438. The number of hydrogen-bond donors (Lipinski definition) is 0. The molecular formula is C16H17NO. The molecule has 2 aliphatic carbocycles. The number of benzene rings is 1. The van der Waals surface area contributed by atoms with Gasteiger partial charge in [-0.25, -0.2) is 0 Å². The summed E-state index contributed by atoms with van der Waals surface area (Å²) in [5, 5.41) is 1.36. The number of fused-ring (bicyclic) bond motifs is 3. The molecule has 0 saturated heterocycles. The van der Waals surface area contributed by atoms with Gasteiger partial charge in [0.15, 0.2) is 0 Å². The van der Waals surface area contributed by atoms with Gasteiger partial charge in [-0.3, -0.25) is 4.79 Å². The Morgan fingerprint density at radius 3 is 3.06 bits per heavy atom. The lowest BCUT2D eigenvalue weighted by atomic mass is 9.77. The third kappa shape index (κ3) is 1.21. The van der Waals surface area contributed by atoms with Crippen molar-refractivity contribution in [3.63, 3.8) is 0 Å². The van der Waals surface area contributed by atoms with Gasteiger partial charge in [0, 0.05) is 36.0 Å². The number of rotatable bonds is 0. The first-order valence-electron chi connectivity index (χ1n) is 6.86. The standard InChI is InChI=1S/C16H17NO/c1-17-9-11-8-10-4-2-6-13(16(10)18)12-5-3-7-14(17)15(11)12/h3,5,7,9-10,13H,2,4,6,8H2,1H3/t10-,13+/m1/s1. The molecule has 2 nitrogen and oxygen atoms in total. The topological polar surface area (TPSA) is 22.0 Å². The lowest BCUT2D eigenvalue weighted by molar-refractivity contribution is -0.126. The van der Waals surface area contributed by atoms with E-state index in [0.29, 0.717) is 5.78 Å². The fourth-order valence-corrected chi connectivity index (χ4v) is 3.93. The van der Waals surface area contributed by atoms with Crippen molar-refractivity contribution in [1.29, 1.82) is 0 Å². The molecule has 18 heavy (non-hydrogen) atoms. The second kappa shape index (κ2) is 3.47. The van der Waals surface area contributed by atoms with E-state index in [0.717, 1.165) is 19.3 Å². The van der Waals surface area contributed by atoms with Gasteiger partial charge >= 0.3 is 0 Å². The normalized spacial score (nSPS) is 26.4. The molecule has 2 heteroatoms. The molecule has 0 spiro atoms. The first kappa shape index (κ1) is 10.4. The quantitative estimate of drug-likeness (QED) is 0.692. The zero-order valence-corrected chi connectivity index (χ0v) is 10.6. The summed E-state index contributed by atoms with van der Waals surface area (Å²) in [7, 11) is 2.11. The number of ketones is 1. The van der Waals surface area contributed by atoms with Crippen LogP contribution in [-0.4, -0.2) is 10.4 Å². The van der Waals surface area contributed by atoms with E-state index in [9.17, 15) is 4.79 Å². The van der Waals surface area contributed by atoms with Crippen LogP contribution in [0, 0.1) is 5.92 Å². The maximum absolute atomic E-state index is 12.5. The van der Waals surface area contributed by atoms with E-state index in [1.807, 2.05) is 0 Å². The van der Waals surface area contributed by atoms with E-state index in [2.05, 4.69) is 36.0 Å². The minimum absolute atomic E-state index is 0.163. The van der Waals surface area contributed by atoms with Gasteiger partial charge in [0.1, 0.15) is 5.78 Å². The number of carbonyl (C=O) groups excluding carboxylic acids is 1. The van der Waals surface area contributed by atoms with E-state index < -0.39 is 0 Å². The van der Waals surface area contributed by atoms with Crippen molar-refractivity contribution >= 4 is 16.7 Å². The van der Waals surface area contributed by atoms with E-state index in [4.69, 9.17) is 0 Å². The average molecular weight is 239 g/mol. The van der Waals surface area contributed by atoms with Gasteiger partial charge in [-0.05, 0) is 36.5 Å². The van der Waals surface area contributed by atoms with Crippen molar-refractivity contribution < 1.29 is 4.79 Å². The molecule has 1 aromatic carbocycles. The van der Waals surface area contributed by atoms with Crippen molar-refractivity contribution in [3.05, 3.63) is 35.5 Å². The first-order chi connectivity index (χ1) is 8.75. The van der Waals surface area contributed by atoms with Gasteiger partial charge < -0.3 is 4.57 Å². The maximum atomic E-state index is 12.5. The van der Waals surface area contributed by atoms with Crippen LogP contribution in [0.15, 0.2) is 24.4 Å². The highest BCUT2D eigenvalue weighted by Gasteiger charge is 2.36. The van der Waals surface area contributed by atoms with Crippen LogP contribution in [0.1, 0.15) is 36.3 Å². The maximum Gasteiger partial charge on any atom is 0.143 e. The summed E-state index contributed by atoms with van der Waals surface area (Å²) in [6.07, 6.45) is 6.50. The Kier molecular flexibility index (Phi) is 2.00. The Morgan fingerprint density at radius 1 is 1.28 bits per heavy atom. The molecule has 2 aromatic rings. The summed E-state index contributed by atoms with van der Waals surface area (Å²) in [6, 6.07) is 6.44. The second-order valence-corrected chi connectivity index (χ2v) is 5.79. The van der Waals surface area contributed by atoms with Crippen molar-refractivity contribution in [2.24, 2.45) is 13.0 Å². The van der Waals surface area contributed by atoms with Crippen molar-refractivity contribution in [2.45, 2.75) is 31.6 Å². The van der Waals surface area contributed by atoms with Crippen molar-refractivity contribution in [1.82, 2.24) is 4.57 Å². The number of hydrogen-bond acceptors (Lipinski definition) is 1. The zero-order valence-electron chi connectivity index (χ0n) is 10.6. The third-order valence-corrected chi connectivity index (χ3v) is 4.76. The summed E-state index contributed by atoms with van der Waals surface area (Å²) in [5.41, 5.74) is 3.95. The minimum atomic E-state index is 0.163. The minimum Gasteiger partial charge on any atom is -0.350 e. The molecule has 0 radical (unpaired) electrons. The van der Waals surface area contributed by atoms with E-state index >= 15 is 0 Å². The van der Waals surface area contributed by atoms with Crippen LogP contribution in [0.25, 0.3) is 10.9 Å². The molecule has 2 atom stereocenters. The summed E-state index contributed by atoms with van der Waals surface area (Å²) >= 11 is 0. The van der Waals surface area contributed by atoms with Gasteiger partial charge in [-0.2, -0.15) is 0 Å². The molecule has 2 bridgehead atoms. The van der Waals surface area contributed by atoms with E-state index in [-0.39, 0.29) is 11.8 Å². The molecule has 0 N–H and O–H groups in total. The third-order valence-electron chi connectivity index (χ3n) is 4.76. The molecule has 0 amide bonds. The van der Waals surface area contributed by atoms with E-state index in [1.54, 1.807) is 0 Å². The molecule has 2 aliphatic rings. The van der Waals surface area contributed by atoms with Gasteiger partial charge in [-0.15, -0.1) is 0 Å². The molecule has 1 heterocycles. The summed E-state index contributed by atoms with van der Waals surface area (Å²) < 4.78 is 2.21. The predicted octanol–water partition coefficient (Wildman–Crippen LogP) is 3.19. The SMILES string of the molecule is Cn1cc2c3c(cccc31)[C@@H]1CCC[C@H](C2)C1=O. The molecule has 1 aromatic heterocycles. The molecular weight excluding hydrogens is 222 g/mol. The monoisotopic (exact) mass is 239 g/mol. The fourth-order valence-electron chi connectivity index (χ4n) is 3.93. The Balaban J connectivity index is 2.08. The van der Waals surface area contributed by atoms with Gasteiger partial charge in [0.05, 0.1) is 0 Å². The number of aromatic nitrogens is 1. The van der Waals surface area contributed by atoms with Gasteiger partial charge in [-0.1, -0.05) is 18.6 Å². The highest BCUT2D eigenvalue weighted by molar-refractivity contribution is 5.98. The summed E-state index contributed by atoms with van der Waals surface area (Å²) in [5.74, 6) is 0.922. The second-order valence-electron chi connectivity index (χ2n) is 5.79. The van der Waals surface area contributed by atoms with Crippen LogP contribution in [0.4, 0.5) is 0 Å².